The van der Waals surface area contributed by atoms with E-state index in [1.165, 1.54) is 4.31 Å². The van der Waals surface area contributed by atoms with Crippen LogP contribution in [-0.2, 0) is 14.8 Å². The van der Waals surface area contributed by atoms with Crippen LogP contribution in [-0.4, -0.2) is 36.1 Å². The molecule has 1 atom stereocenters. The first kappa shape index (κ1) is 15.3. The molecule has 1 heterocycles. The van der Waals surface area contributed by atoms with E-state index in [2.05, 4.69) is 0 Å². The van der Waals surface area contributed by atoms with E-state index in [1.807, 2.05) is 12.1 Å². The van der Waals surface area contributed by atoms with Crippen LogP contribution in [0.1, 0.15) is 30.9 Å². The molecule has 0 amide bonds. The zero-order valence-corrected chi connectivity index (χ0v) is 12.4. The van der Waals surface area contributed by atoms with E-state index in [1.54, 1.807) is 12.1 Å². The molecule has 20 heavy (non-hydrogen) atoms. The summed E-state index contributed by atoms with van der Waals surface area (Å²) in [6.07, 6.45) is 1.08. The molecule has 0 aromatic heterocycles. The summed E-state index contributed by atoms with van der Waals surface area (Å²) in [6, 6.07) is 6.88. The summed E-state index contributed by atoms with van der Waals surface area (Å²) < 4.78 is 25.9. The fourth-order valence-electron chi connectivity index (χ4n) is 2.46. The molecule has 1 aromatic rings. The number of hydrogen-bond acceptors (Lipinski definition) is 3. The Morgan fingerprint density at radius 1 is 1.40 bits per heavy atom. The Bertz CT molecular complexity index is 602. The van der Waals surface area contributed by atoms with Crippen molar-refractivity contribution in [2.45, 2.75) is 25.3 Å². The molecular formula is C13H16ClNO4S. The Morgan fingerprint density at radius 3 is 2.75 bits per heavy atom. The molecule has 1 aliphatic rings. The van der Waals surface area contributed by atoms with E-state index in [9.17, 15) is 13.2 Å². The third kappa shape index (κ3) is 3.31. The van der Waals surface area contributed by atoms with Gasteiger partial charge >= 0.3 is 5.97 Å². The van der Waals surface area contributed by atoms with Crippen LogP contribution in [0.3, 0.4) is 0 Å². The van der Waals surface area contributed by atoms with Gasteiger partial charge in [-0.2, -0.15) is 4.31 Å². The highest BCUT2D eigenvalue weighted by atomic mass is 35.5. The third-order valence-corrected chi connectivity index (χ3v) is 5.61. The smallest absolute Gasteiger partial charge is 0.304 e. The Labute approximate surface area is 123 Å². The molecule has 110 valence electrons. The van der Waals surface area contributed by atoms with Gasteiger partial charge in [-0.15, -0.1) is 0 Å². The summed E-state index contributed by atoms with van der Waals surface area (Å²) in [7, 11) is -3.58. The number of carbonyl (C=O) groups is 1. The molecule has 2 rings (SSSR count). The van der Waals surface area contributed by atoms with Gasteiger partial charge in [0.25, 0.3) is 0 Å². The zero-order chi connectivity index (χ0) is 14.8. The summed E-state index contributed by atoms with van der Waals surface area (Å²) in [5.74, 6) is -1.48. The molecule has 0 aliphatic carbocycles. The first-order chi connectivity index (χ1) is 9.42. The average Bonchev–Trinajstić information content (AvgIpc) is 2.87. The minimum absolute atomic E-state index is 0.289. The van der Waals surface area contributed by atoms with Gasteiger partial charge in [0.05, 0.1) is 18.2 Å². The van der Waals surface area contributed by atoms with Crippen LogP contribution in [0.2, 0.25) is 5.02 Å². The van der Waals surface area contributed by atoms with Crippen molar-refractivity contribution in [3.63, 3.8) is 0 Å². The van der Waals surface area contributed by atoms with Gasteiger partial charge in [-0.05, 0) is 24.5 Å². The molecular weight excluding hydrogens is 302 g/mol. The molecule has 1 aliphatic heterocycles. The first-order valence-corrected chi connectivity index (χ1v) is 8.36. The van der Waals surface area contributed by atoms with Crippen LogP contribution in [0.4, 0.5) is 0 Å². The normalized spacial score (nSPS) is 20.1. The quantitative estimate of drug-likeness (QED) is 0.904. The van der Waals surface area contributed by atoms with E-state index in [4.69, 9.17) is 16.7 Å². The van der Waals surface area contributed by atoms with Crippen molar-refractivity contribution < 1.29 is 18.3 Å². The van der Waals surface area contributed by atoms with Crippen molar-refractivity contribution in [1.82, 2.24) is 4.31 Å². The van der Waals surface area contributed by atoms with Crippen molar-refractivity contribution in [1.29, 1.82) is 0 Å². The fraction of sp³-hybridized carbons (Fsp3) is 0.462. The van der Waals surface area contributed by atoms with E-state index >= 15 is 0 Å². The fourth-order valence-corrected chi connectivity index (χ4v) is 4.41. The predicted molar refractivity (Wildman–Crippen MR) is 76.2 cm³/mol. The lowest BCUT2D eigenvalue weighted by Crippen LogP contribution is -2.33. The molecule has 1 aromatic carbocycles. The van der Waals surface area contributed by atoms with Gasteiger partial charge in [0.15, 0.2) is 0 Å². The van der Waals surface area contributed by atoms with Gasteiger partial charge in [-0.25, -0.2) is 8.42 Å². The van der Waals surface area contributed by atoms with E-state index in [0.717, 1.165) is 12.0 Å². The second-order valence-corrected chi connectivity index (χ2v) is 7.20. The minimum Gasteiger partial charge on any atom is -0.481 e. The number of hydrogen-bond donors (Lipinski definition) is 1. The molecule has 5 nitrogen and oxygen atoms in total. The third-order valence-electron chi connectivity index (χ3n) is 3.40. The summed E-state index contributed by atoms with van der Waals surface area (Å²) in [6.45, 7) is 0.415. The maximum absolute atomic E-state index is 12.3. The van der Waals surface area contributed by atoms with Gasteiger partial charge in [0.2, 0.25) is 10.0 Å². The molecule has 1 N–H and O–H groups in total. The summed E-state index contributed by atoms with van der Waals surface area (Å²) >= 11 is 6.13. The molecule has 0 radical (unpaired) electrons. The molecule has 0 saturated carbocycles. The van der Waals surface area contributed by atoms with E-state index in [-0.39, 0.29) is 18.2 Å². The number of sulfonamides is 1. The average molecular weight is 318 g/mol. The molecule has 0 spiro atoms. The number of aliphatic carboxylic acids is 1. The molecule has 1 unspecified atom stereocenters. The first-order valence-electron chi connectivity index (χ1n) is 6.37. The SMILES string of the molecule is O=C(O)CCS(=O)(=O)N1CCCC1c1ccccc1Cl. The number of halogens is 1. The Hall–Kier alpha value is -1.11. The lowest BCUT2D eigenvalue weighted by molar-refractivity contribution is -0.136. The number of nitrogens with zero attached hydrogens (tertiary/aromatic N) is 1. The van der Waals surface area contributed by atoms with Crippen LogP contribution in [0.25, 0.3) is 0 Å². The minimum atomic E-state index is -3.58. The van der Waals surface area contributed by atoms with Crippen molar-refractivity contribution >= 4 is 27.6 Å². The number of rotatable bonds is 5. The molecule has 0 bridgehead atoms. The van der Waals surface area contributed by atoms with Gasteiger partial charge in [0, 0.05) is 11.6 Å². The Morgan fingerprint density at radius 2 is 2.10 bits per heavy atom. The number of carboxylic acids is 1. The van der Waals surface area contributed by atoms with Crippen LogP contribution < -0.4 is 0 Å². The molecule has 7 heteroatoms. The second-order valence-electron chi connectivity index (χ2n) is 4.75. The maximum atomic E-state index is 12.3. The standard InChI is InChI=1S/C13H16ClNO4S/c14-11-5-2-1-4-10(11)12-6-3-8-15(12)20(18,19)9-7-13(16)17/h1-2,4-5,12H,3,6-9H2,(H,16,17). The van der Waals surface area contributed by atoms with Crippen LogP contribution in [0, 0.1) is 0 Å². The van der Waals surface area contributed by atoms with Crippen molar-refractivity contribution in [2.24, 2.45) is 0 Å². The molecule has 1 fully saturated rings. The highest BCUT2D eigenvalue weighted by molar-refractivity contribution is 7.89. The number of benzene rings is 1. The van der Waals surface area contributed by atoms with Gasteiger partial charge in [-0.3, -0.25) is 4.79 Å². The zero-order valence-electron chi connectivity index (χ0n) is 10.8. The maximum Gasteiger partial charge on any atom is 0.304 e. The molecule has 1 saturated heterocycles. The van der Waals surface area contributed by atoms with Crippen molar-refractivity contribution in [3.05, 3.63) is 34.9 Å². The van der Waals surface area contributed by atoms with E-state index in [0.29, 0.717) is 18.0 Å². The van der Waals surface area contributed by atoms with Crippen LogP contribution >= 0.6 is 11.6 Å². The second kappa shape index (κ2) is 6.11. The highest BCUT2D eigenvalue weighted by Crippen LogP contribution is 2.37. The van der Waals surface area contributed by atoms with Gasteiger partial charge < -0.3 is 5.11 Å². The Balaban J connectivity index is 2.23. The summed E-state index contributed by atoms with van der Waals surface area (Å²) in [5, 5.41) is 9.18. The summed E-state index contributed by atoms with van der Waals surface area (Å²) in [5.41, 5.74) is 0.783. The topological polar surface area (TPSA) is 74.7 Å². The van der Waals surface area contributed by atoms with Crippen molar-refractivity contribution in [2.75, 3.05) is 12.3 Å². The highest BCUT2D eigenvalue weighted by Gasteiger charge is 2.35. The lowest BCUT2D eigenvalue weighted by Gasteiger charge is -2.24. The van der Waals surface area contributed by atoms with Crippen LogP contribution in [0.5, 0.6) is 0 Å². The van der Waals surface area contributed by atoms with Gasteiger partial charge in [-0.1, -0.05) is 29.8 Å². The van der Waals surface area contributed by atoms with Gasteiger partial charge in [0.1, 0.15) is 0 Å². The Kier molecular flexibility index (Phi) is 4.67. The van der Waals surface area contributed by atoms with Crippen LogP contribution in [0.15, 0.2) is 24.3 Å². The predicted octanol–water partition coefficient (Wildman–Crippen LogP) is 2.28. The number of carboxylic acid groups (broad SMARTS) is 1. The van der Waals surface area contributed by atoms with Crippen molar-refractivity contribution in [3.8, 4) is 0 Å². The summed E-state index contributed by atoms with van der Waals surface area (Å²) in [4.78, 5) is 10.6. The van der Waals surface area contributed by atoms with E-state index < -0.39 is 16.0 Å². The monoisotopic (exact) mass is 317 g/mol. The largest absolute Gasteiger partial charge is 0.481 e. The lowest BCUT2D eigenvalue weighted by atomic mass is 10.1.